The highest BCUT2D eigenvalue weighted by Crippen LogP contribution is 2.26. The standard InChI is InChI=1S/C14H15NO3/c1-10-4-7-14(16)15(9-10)12-6-5-11(17-2)8-13(12)18-3/h4-9H,1-3H3. The molecule has 0 N–H and O–H groups in total. The third-order valence-electron chi connectivity index (χ3n) is 2.71. The zero-order valence-electron chi connectivity index (χ0n) is 10.6. The topological polar surface area (TPSA) is 40.5 Å². The third-order valence-corrected chi connectivity index (χ3v) is 2.71. The molecule has 1 heterocycles. The summed E-state index contributed by atoms with van der Waals surface area (Å²) in [6.07, 6.45) is 1.78. The zero-order chi connectivity index (χ0) is 13.1. The molecule has 0 saturated heterocycles. The monoisotopic (exact) mass is 245 g/mol. The summed E-state index contributed by atoms with van der Waals surface area (Å²) in [4.78, 5) is 11.9. The second kappa shape index (κ2) is 4.96. The number of hydrogen-bond donors (Lipinski definition) is 0. The van der Waals surface area contributed by atoms with Gasteiger partial charge in [-0.3, -0.25) is 9.36 Å². The van der Waals surface area contributed by atoms with Gasteiger partial charge in [0.05, 0.1) is 19.9 Å². The molecule has 0 radical (unpaired) electrons. The van der Waals surface area contributed by atoms with Crippen molar-refractivity contribution >= 4 is 0 Å². The van der Waals surface area contributed by atoms with Crippen LogP contribution in [0.2, 0.25) is 0 Å². The van der Waals surface area contributed by atoms with Crippen LogP contribution in [0.25, 0.3) is 5.69 Å². The lowest BCUT2D eigenvalue weighted by Crippen LogP contribution is -2.17. The maximum absolute atomic E-state index is 11.9. The Morgan fingerprint density at radius 2 is 1.83 bits per heavy atom. The lowest BCUT2D eigenvalue weighted by atomic mass is 10.2. The molecule has 2 aromatic rings. The zero-order valence-corrected chi connectivity index (χ0v) is 10.6. The van der Waals surface area contributed by atoms with E-state index in [1.54, 1.807) is 55.3 Å². The molecule has 0 saturated carbocycles. The first kappa shape index (κ1) is 12.2. The Morgan fingerprint density at radius 1 is 1.06 bits per heavy atom. The van der Waals surface area contributed by atoms with E-state index in [1.165, 1.54) is 0 Å². The van der Waals surface area contributed by atoms with E-state index in [1.807, 2.05) is 6.92 Å². The van der Waals surface area contributed by atoms with Gasteiger partial charge in [0.25, 0.3) is 5.56 Å². The Bertz CT molecular complexity index is 617. The predicted molar refractivity (Wildman–Crippen MR) is 69.9 cm³/mol. The van der Waals surface area contributed by atoms with Gasteiger partial charge in [0.1, 0.15) is 11.5 Å². The van der Waals surface area contributed by atoms with Gasteiger partial charge < -0.3 is 9.47 Å². The Kier molecular flexibility index (Phi) is 3.37. The third kappa shape index (κ3) is 2.22. The highest BCUT2D eigenvalue weighted by Gasteiger charge is 2.08. The minimum Gasteiger partial charge on any atom is -0.497 e. The Balaban J connectivity index is 2.63. The summed E-state index contributed by atoms with van der Waals surface area (Å²) in [5.41, 5.74) is 1.61. The molecule has 4 heteroatoms. The molecule has 0 unspecified atom stereocenters. The van der Waals surface area contributed by atoms with Crippen molar-refractivity contribution in [1.82, 2.24) is 4.57 Å². The first-order valence-electron chi connectivity index (χ1n) is 5.57. The van der Waals surface area contributed by atoms with E-state index in [2.05, 4.69) is 0 Å². The molecule has 0 amide bonds. The van der Waals surface area contributed by atoms with Crippen LogP contribution in [-0.4, -0.2) is 18.8 Å². The van der Waals surface area contributed by atoms with E-state index in [4.69, 9.17) is 9.47 Å². The Morgan fingerprint density at radius 3 is 2.50 bits per heavy atom. The molecule has 0 bridgehead atoms. The minimum atomic E-state index is -0.0935. The van der Waals surface area contributed by atoms with E-state index >= 15 is 0 Å². The van der Waals surface area contributed by atoms with Gasteiger partial charge in [0, 0.05) is 18.3 Å². The minimum absolute atomic E-state index is 0.0935. The van der Waals surface area contributed by atoms with E-state index in [0.717, 1.165) is 5.56 Å². The summed E-state index contributed by atoms with van der Waals surface area (Å²) in [6.45, 7) is 1.94. The molecule has 1 aromatic carbocycles. The van der Waals surface area contributed by atoms with Gasteiger partial charge in [-0.25, -0.2) is 0 Å². The molecule has 0 aliphatic rings. The van der Waals surface area contributed by atoms with Crippen LogP contribution >= 0.6 is 0 Å². The molecule has 0 atom stereocenters. The highest BCUT2D eigenvalue weighted by molar-refractivity contribution is 5.51. The SMILES string of the molecule is COc1ccc(-n2cc(C)ccc2=O)c(OC)c1. The van der Waals surface area contributed by atoms with Crippen molar-refractivity contribution in [2.45, 2.75) is 6.92 Å². The van der Waals surface area contributed by atoms with Crippen LogP contribution in [0.3, 0.4) is 0 Å². The van der Waals surface area contributed by atoms with Crippen LogP contribution in [0, 0.1) is 6.92 Å². The van der Waals surface area contributed by atoms with E-state index < -0.39 is 0 Å². The molecule has 0 aliphatic heterocycles. The number of methoxy groups -OCH3 is 2. The van der Waals surface area contributed by atoms with Crippen molar-refractivity contribution in [2.24, 2.45) is 0 Å². The molecule has 94 valence electrons. The summed E-state index contributed by atoms with van der Waals surface area (Å²) < 4.78 is 12.0. The lowest BCUT2D eigenvalue weighted by molar-refractivity contribution is 0.393. The fourth-order valence-electron chi connectivity index (χ4n) is 1.77. The molecule has 0 fully saturated rings. The number of aromatic nitrogens is 1. The first-order chi connectivity index (χ1) is 8.65. The number of aryl methyl sites for hydroxylation is 1. The smallest absolute Gasteiger partial charge is 0.255 e. The van der Waals surface area contributed by atoms with Crippen molar-refractivity contribution in [3.05, 3.63) is 52.4 Å². The van der Waals surface area contributed by atoms with Crippen LogP contribution in [0.4, 0.5) is 0 Å². The number of nitrogens with zero attached hydrogens (tertiary/aromatic N) is 1. The number of benzene rings is 1. The lowest BCUT2D eigenvalue weighted by Gasteiger charge is -2.12. The Hall–Kier alpha value is -2.23. The second-order valence-electron chi connectivity index (χ2n) is 3.95. The Labute approximate surface area is 105 Å². The van der Waals surface area contributed by atoms with Gasteiger partial charge in [-0.15, -0.1) is 0 Å². The molecule has 0 spiro atoms. The van der Waals surface area contributed by atoms with Gasteiger partial charge in [-0.1, -0.05) is 6.07 Å². The number of ether oxygens (including phenoxy) is 2. The van der Waals surface area contributed by atoms with Crippen LogP contribution in [0.15, 0.2) is 41.3 Å². The number of rotatable bonds is 3. The van der Waals surface area contributed by atoms with E-state index in [-0.39, 0.29) is 5.56 Å². The van der Waals surface area contributed by atoms with Crippen LogP contribution in [0.1, 0.15) is 5.56 Å². The molecule has 0 aliphatic carbocycles. The summed E-state index contributed by atoms with van der Waals surface area (Å²) in [5.74, 6) is 1.29. The normalized spacial score (nSPS) is 10.2. The first-order valence-corrected chi connectivity index (χ1v) is 5.57. The van der Waals surface area contributed by atoms with Crippen LogP contribution in [-0.2, 0) is 0 Å². The van der Waals surface area contributed by atoms with Crippen LogP contribution < -0.4 is 15.0 Å². The van der Waals surface area contributed by atoms with Crippen molar-refractivity contribution in [3.8, 4) is 17.2 Å². The fourth-order valence-corrected chi connectivity index (χ4v) is 1.77. The quantitative estimate of drug-likeness (QED) is 0.832. The number of pyridine rings is 1. The van der Waals surface area contributed by atoms with Gasteiger partial charge in [0.2, 0.25) is 0 Å². The van der Waals surface area contributed by atoms with Gasteiger partial charge in [0.15, 0.2) is 0 Å². The summed E-state index contributed by atoms with van der Waals surface area (Å²) in [7, 11) is 3.16. The summed E-state index contributed by atoms with van der Waals surface area (Å²) in [6, 6.07) is 8.68. The fraction of sp³-hybridized carbons (Fsp3) is 0.214. The number of hydrogen-bond acceptors (Lipinski definition) is 3. The summed E-state index contributed by atoms with van der Waals surface area (Å²) in [5, 5.41) is 0. The molecule has 18 heavy (non-hydrogen) atoms. The van der Waals surface area contributed by atoms with Crippen molar-refractivity contribution in [3.63, 3.8) is 0 Å². The van der Waals surface area contributed by atoms with E-state index in [9.17, 15) is 4.79 Å². The van der Waals surface area contributed by atoms with Crippen molar-refractivity contribution in [2.75, 3.05) is 14.2 Å². The molecule has 2 rings (SSSR count). The highest BCUT2D eigenvalue weighted by atomic mass is 16.5. The second-order valence-corrected chi connectivity index (χ2v) is 3.95. The molecule has 4 nitrogen and oxygen atoms in total. The van der Waals surface area contributed by atoms with Gasteiger partial charge >= 0.3 is 0 Å². The van der Waals surface area contributed by atoms with E-state index in [0.29, 0.717) is 17.2 Å². The molecular formula is C14H15NO3. The average Bonchev–Trinajstić information content (AvgIpc) is 2.41. The largest absolute Gasteiger partial charge is 0.497 e. The maximum Gasteiger partial charge on any atom is 0.255 e. The molecular weight excluding hydrogens is 230 g/mol. The van der Waals surface area contributed by atoms with Crippen molar-refractivity contribution in [1.29, 1.82) is 0 Å². The van der Waals surface area contributed by atoms with Gasteiger partial charge in [-0.2, -0.15) is 0 Å². The van der Waals surface area contributed by atoms with Gasteiger partial charge in [-0.05, 0) is 24.6 Å². The predicted octanol–water partition coefficient (Wildman–Crippen LogP) is 2.16. The van der Waals surface area contributed by atoms with Crippen LogP contribution in [0.5, 0.6) is 11.5 Å². The average molecular weight is 245 g/mol. The van der Waals surface area contributed by atoms with Crippen molar-refractivity contribution < 1.29 is 9.47 Å². The maximum atomic E-state index is 11.9. The summed E-state index contributed by atoms with van der Waals surface area (Å²) >= 11 is 0. The molecule has 1 aromatic heterocycles.